The van der Waals surface area contributed by atoms with Crippen molar-refractivity contribution in [2.75, 3.05) is 0 Å². The van der Waals surface area contributed by atoms with Gasteiger partial charge in [0.2, 0.25) is 0 Å². The molecule has 6 heteroatoms. The molecule has 0 saturated heterocycles. The number of hydrogen-bond acceptors (Lipinski definition) is 2. The zero-order valence-corrected chi connectivity index (χ0v) is 10.3. The van der Waals surface area contributed by atoms with Gasteiger partial charge in [-0.05, 0) is 23.8 Å². The number of halogens is 2. The van der Waals surface area contributed by atoms with E-state index in [2.05, 4.69) is 5.10 Å². The Hall–Kier alpha value is -1.46. The van der Waals surface area contributed by atoms with Crippen LogP contribution in [0.1, 0.15) is 11.1 Å². The summed E-state index contributed by atoms with van der Waals surface area (Å²) in [6.07, 6.45) is 3.16. The molecule has 0 unspecified atom stereocenters. The van der Waals surface area contributed by atoms with E-state index >= 15 is 0 Å². The Morgan fingerprint density at radius 1 is 1.53 bits per heavy atom. The normalized spacial score (nSPS) is 10.5. The van der Waals surface area contributed by atoms with E-state index < -0.39 is 0 Å². The summed E-state index contributed by atoms with van der Waals surface area (Å²) < 4.78 is 14.8. The van der Waals surface area contributed by atoms with E-state index in [0.29, 0.717) is 22.7 Å². The van der Waals surface area contributed by atoms with Gasteiger partial charge in [-0.25, -0.2) is 4.39 Å². The van der Waals surface area contributed by atoms with Crippen LogP contribution in [0.5, 0.6) is 0 Å². The van der Waals surface area contributed by atoms with Gasteiger partial charge in [0.1, 0.15) is 10.8 Å². The van der Waals surface area contributed by atoms with Crippen LogP contribution in [-0.4, -0.2) is 14.8 Å². The summed E-state index contributed by atoms with van der Waals surface area (Å²) >= 11 is 10.7. The van der Waals surface area contributed by atoms with Crippen molar-refractivity contribution < 1.29 is 4.39 Å². The largest absolute Gasteiger partial charge is 0.389 e. The minimum absolute atomic E-state index is 0.234. The second kappa shape index (κ2) is 4.81. The zero-order chi connectivity index (χ0) is 12.4. The minimum atomic E-state index is -0.335. The maximum absolute atomic E-state index is 13.2. The van der Waals surface area contributed by atoms with Gasteiger partial charge in [-0.3, -0.25) is 4.68 Å². The minimum Gasteiger partial charge on any atom is -0.389 e. The van der Waals surface area contributed by atoms with Gasteiger partial charge < -0.3 is 5.73 Å². The number of thiocarbonyl (C=S) groups is 1. The summed E-state index contributed by atoms with van der Waals surface area (Å²) in [5.41, 5.74) is 6.90. The summed E-state index contributed by atoms with van der Waals surface area (Å²) in [5, 5.41) is 4.55. The van der Waals surface area contributed by atoms with Crippen LogP contribution < -0.4 is 5.73 Å². The van der Waals surface area contributed by atoms with Crippen molar-refractivity contribution in [3.63, 3.8) is 0 Å². The van der Waals surface area contributed by atoms with Crippen molar-refractivity contribution in [2.45, 2.75) is 6.54 Å². The molecule has 0 spiro atoms. The van der Waals surface area contributed by atoms with E-state index in [1.54, 1.807) is 16.9 Å². The molecule has 2 N–H and O–H groups in total. The molecule has 1 heterocycles. The van der Waals surface area contributed by atoms with E-state index in [1.165, 1.54) is 18.3 Å². The molecule has 1 aromatic carbocycles. The topological polar surface area (TPSA) is 43.8 Å². The lowest BCUT2D eigenvalue weighted by atomic mass is 10.1. The third-order valence-electron chi connectivity index (χ3n) is 2.27. The quantitative estimate of drug-likeness (QED) is 0.870. The van der Waals surface area contributed by atoms with Crippen LogP contribution >= 0.6 is 23.8 Å². The Kier molecular flexibility index (Phi) is 3.40. The lowest BCUT2D eigenvalue weighted by Crippen LogP contribution is -2.14. The summed E-state index contributed by atoms with van der Waals surface area (Å²) in [6.45, 7) is 0.372. The number of rotatable bonds is 3. The summed E-state index contributed by atoms with van der Waals surface area (Å²) in [4.78, 5) is 0.234. The Morgan fingerprint density at radius 3 is 2.88 bits per heavy atom. The van der Waals surface area contributed by atoms with Crippen LogP contribution in [0.15, 0.2) is 30.6 Å². The van der Waals surface area contributed by atoms with Gasteiger partial charge in [0, 0.05) is 11.8 Å². The van der Waals surface area contributed by atoms with Gasteiger partial charge in [-0.1, -0.05) is 23.8 Å². The molecule has 0 atom stereocenters. The van der Waals surface area contributed by atoms with E-state index in [0.717, 1.165) is 0 Å². The lowest BCUT2D eigenvalue weighted by molar-refractivity contribution is 0.619. The molecule has 0 bridgehead atoms. The summed E-state index contributed by atoms with van der Waals surface area (Å²) in [5.74, 6) is -0.335. The Morgan fingerprint density at radius 2 is 2.29 bits per heavy atom. The molecule has 2 aromatic rings. The average Bonchev–Trinajstić information content (AvgIpc) is 2.63. The first-order valence-electron chi connectivity index (χ1n) is 4.82. The highest BCUT2D eigenvalue weighted by Gasteiger charge is 2.08. The fourth-order valence-electron chi connectivity index (χ4n) is 1.53. The smallest absolute Gasteiger partial charge is 0.123 e. The highest BCUT2D eigenvalue weighted by Crippen LogP contribution is 2.14. The zero-order valence-electron chi connectivity index (χ0n) is 8.73. The predicted octanol–water partition coefficient (Wildman–Crippen LogP) is 2.36. The summed E-state index contributed by atoms with van der Waals surface area (Å²) in [6, 6.07) is 4.29. The second-order valence-corrected chi connectivity index (χ2v) is 4.40. The van der Waals surface area contributed by atoms with Crippen LogP contribution in [0, 0.1) is 5.82 Å². The van der Waals surface area contributed by atoms with Gasteiger partial charge in [0.25, 0.3) is 0 Å². The standard InChI is InChI=1S/C11H9ClFN3S/c12-8-4-15-16(6-8)5-7-3-9(13)1-2-10(7)11(14)17/h1-4,6H,5H2,(H2,14,17). The van der Waals surface area contributed by atoms with Gasteiger partial charge in [-0.2, -0.15) is 5.10 Å². The highest BCUT2D eigenvalue weighted by atomic mass is 35.5. The van der Waals surface area contributed by atoms with Crippen LogP contribution in [0.3, 0.4) is 0 Å². The van der Waals surface area contributed by atoms with Crippen molar-refractivity contribution in [1.82, 2.24) is 9.78 Å². The lowest BCUT2D eigenvalue weighted by Gasteiger charge is -2.08. The third-order valence-corrected chi connectivity index (χ3v) is 2.68. The molecule has 0 saturated carbocycles. The molecule has 1 aromatic heterocycles. The van der Waals surface area contributed by atoms with Crippen LogP contribution in [0.2, 0.25) is 5.02 Å². The van der Waals surface area contributed by atoms with Gasteiger partial charge in [0.05, 0.1) is 17.8 Å². The monoisotopic (exact) mass is 269 g/mol. The number of aromatic nitrogens is 2. The Balaban J connectivity index is 2.37. The van der Waals surface area contributed by atoms with Crippen molar-refractivity contribution in [1.29, 1.82) is 0 Å². The molecule has 0 amide bonds. The average molecular weight is 270 g/mol. The molecule has 3 nitrogen and oxygen atoms in total. The second-order valence-electron chi connectivity index (χ2n) is 3.52. The molecule has 0 radical (unpaired) electrons. The van der Waals surface area contributed by atoms with Gasteiger partial charge in [-0.15, -0.1) is 0 Å². The molecule has 17 heavy (non-hydrogen) atoms. The number of nitrogens with two attached hydrogens (primary N) is 1. The third kappa shape index (κ3) is 2.81. The predicted molar refractivity (Wildman–Crippen MR) is 68.6 cm³/mol. The SMILES string of the molecule is NC(=S)c1ccc(F)cc1Cn1cc(Cl)cn1. The molecule has 0 aliphatic rings. The Bertz CT molecular complexity index is 568. The van der Waals surface area contributed by atoms with E-state index in [9.17, 15) is 4.39 Å². The molecule has 2 rings (SSSR count). The maximum Gasteiger partial charge on any atom is 0.123 e. The molecular formula is C11H9ClFN3S. The van der Waals surface area contributed by atoms with Crippen molar-refractivity contribution in [3.8, 4) is 0 Å². The van der Waals surface area contributed by atoms with E-state index in [-0.39, 0.29) is 10.8 Å². The summed E-state index contributed by atoms with van der Waals surface area (Å²) in [7, 11) is 0. The molecule has 0 aliphatic heterocycles. The van der Waals surface area contributed by atoms with Crippen LogP contribution in [0.25, 0.3) is 0 Å². The first kappa shape index (κ1) is 12.0. The fourth-order valence-corrected chi connectivity index (χ4v) is 1.89. The maximum atomic E-state index is 13.2. The number of nitrogens with zero attached hydrogens (tertiary/aromatic N) is 2. The molecule has 0 fully saturated rings. The van der Waals surface area contributed by atoms with Crippen LogP contribution in [0.4, 0.5) is 4.39 Å². The molecule has 0 aliphatic carbocycles. The first-order valence-corrected chi connectivity index (χ1v) is 5.61. The molecular weight excluding hydrogens is 261 g/mol. The Labute approximate surface area is 108 Å². The van der Waals surface area contributed by atoms with Crippen molar-refractivity contribution >= 4 is 28.8 Å². The molecule has 88 valence electrons. The van der Waals surface area contributed by atoms with Crippen molar-refractivity contribution in [3.05, 3.63) is 52.6 Å². The first-order chi connectivity index (χ1) is 8.06. The number of hydrogen-bond donors (Lipinski definition) is 1. The fraction of sp³-hybridized carbons (Fsp3) is 0.0909. The van der Waals surface area contributed by atoms with Gasteiger partial charge in [0.15, 0.2) is 0 Å². The van der Waals surface area contributed by atoms with Crippen molar-refractivity contribution in [2.24, 2.45) is 5.73 Å². The van der Waals surface area contributed by atoms with E-state index in [1.807, 2.05) is 0 Å². The van der Waals surface area contributed by atoms with Crippen LogP contribution in [-0.2, 0) is 6.54 Å². The van der Waals surface area contributed by atoms with E-state index in [4.69, 9.17) is 29.6 Å². The highest BCUT2D eigenvalue weighted by molar-refractivity contribution is 7.80. The van der Waals surface area contributed by atoms with Gasteiger partial charge >= 0.3 is 0 Å². The number of benzene rings is 1.